The van der Waals surface area contributed by atoms with Crippen molar-refractivity contribution >= 4 is 22.8 Å². The molecule has 2 atom stereocenters. The highest BCUT2D eigenvalue weighted by Crippen LogP contribution is 2.28. The minimum atomic E-state index is 0.601. The SMILES string of the molecule is Cc1ccc2nc(NC3=NCN([C@@H]4CCCC[C@@H]4C)CN3)nc(C)c2c1. The van der Waals surface area contributed by atoms with Gasteiger partial charge in [-0.2, -0.15) is 0 Å². The van der Waals surface area contributed by atoms with Crippen LogP contribution in [-0.2, 0) is 0 Å². The summed E-state index contributed by atoms with van der Waals surface area (Å²) in [6.45, 7) is 8.04. The molecule has 2 aromatic rings. The summed E-state index contributed by atoms with van der Waals surface area (Å²) >= 11 is 0. The summed E-state index contributed by atoms with van der Waals surface area (Å²) in [4.78, 5) is 16.4. The van der Waals surface area contributed by atoms with Crippen LogP contribution in [0.25, 0.3) is 10.9 Å². The number of rotatable bonds is 2. The lowest BCUT2D eigenvalue weighted by Crippen LogP contribution is -2.52. The molecule has 0 amide bonds. The maximum atomic E-state index is 4.68. The first kappa shape index (κ1) is 17.2. The van der Waals surface area contributed by atoms with E-state index < -0.39 is 0 Å². The molecule has 1 aromatic carbocycles. The molecular formula is C20H28N6. The monoisotopic (exact) mass is 352 g/mol. The molecule has 0 unspecified atom stereocenters. The van der Waals surface area contributed by atoms with Crippen molar-refractivity contribution in [1.29, 1.82) is 0 Å². The zero-order chi connectivity index (χ0) is 18.1. The molecule has 2 aliphatic rings. The number of nitrogens with zero attached hydrogens (tertiary/aromatic N) is 4. The number of fused-ring (bicyclic) bond motifs is 1. The first-order valence-corrected chi connectivity index (χ1v) is 9.64. The predicted octanol–water partition coefficient (Wildman–Crippen LogP) is 3.41. The van der Waals surface area contributed by atoms with Crippen LogP contribution in [0.1, 0.15) is 43.9 Å². The highest BCUT2D eigenvalue weighted by molar-refractivity contribution is 5.93. The van der Waals surface area contributed by atoms with Crippen LogP contribution in [0.5, 0.6) is 0 Å². The maximum Gasteiger partial charge on any atom is 0.230 e. The van der Waals surface area contributed by atoms with E-state index in [0.717, 1.165) is 41.8 Å². The number of anilines is 1. The Kier molecular flexibility index (Phi) is 4.76. The fraction of sp³-hybridized carbons (Fsp3) is 0.550. The summed E-state index contributed by atoms with van der Waals surface area (Å²) in [5, 5.41) is 7.75. The van der Waals surface area contributed by atoms with Gasteiger partial charge in [-0.15, -0.1) is 0 Å². The number of nitrogens with one attached hydrogen (secondary N) is 2. The summed E-state index contributed by atoms with van der Waals surface area (Å²) in [5.41, 5.74) is 3.16. The van der Waals surface area contributed by atoms with E-state index in [0.29, 0.717) is 12.0 Å². The van der Waals surface area contributed by atoms with E-state index in [4.69, 9.17) is 0 Å². The second-order valence-electron chi connectivity index (χ2n) is 7.68. The molecule has 1 aliphatic heterocycles. The van der Waals surface area contributed by atoms with E-state index >= 15 is 0 Å². The Bertz CT molecular complexity index is 830. The molecule has 4 rings (SSSR count). The molecule has 1 saturated carbocycles. The predicted molar refractivity (Wildman–Crippen MR) is 106 cm³/mol. The highest BCUT2D eigenvalue weighted by atomic mass is 15.4. The van der Waals surface area contributed by atoms with Crippen molar-refractivity contribution in [3.05, 3.63) is 29.5 Å². The molecule has 26 heavy (non-hydrogen) atoms. The van der Waals surface area contributed by atoms with Crippen molar-refractivity contribution in [3.8, 4) is 0 Å². The smallest absolute Gasteiger partial charge is 0.230 e. The van der Waals surface area contributed by atoms with Gasteiger partial charge in [-0.25, -0.2) is 15.0 Å². The number of aliphatic imine (C=N–C) groups is 1. The van der Waals surface area contributed by atoms with Gasteiger partial charge in [0.1, 0.15) is 0 Å². The van der Waals surface area contributed by atoms with E-state index in [-0.39, 0.29) is 0 Å². The van der Waals surface area contributed by atoms with Crippen molar-refractivity contribution in [2.24, 2.45) is 10.9 Å². The zero-order valence-electron chi connectivity index (χ0n) is 15.9. The van der Waals surface area contributed by atoms with E-state index in [2.05, 4.69) is 56.5 Å². The Labute approximate surface area is 155 Å². The van der Waals surface area contributed by atoms with Crippen LogP contribution in [0.4, 0.5) is 5.95 Å². The Morgan fingerprint density at radius 3 is 2.77 bits per heavy atom. The molecule has 2 heterocycles. The van der Waals surface area contributed by atoms with Crippen LogP contribution >= 0.6 is 0 Å². The van der Waals surface area contributed by atoms with Crippen LogP contribution in [0.2, 0.25) is 0 Å². The Morgan fingerprint density at radius 2 is 2.00 bits per heavy atom. The van der Waals surface area contributed by atoms with Gasteiger partial charge in [0.25, 0.3) is 0 Å². The summed E-state index contributed by atoms with van der Waals surface area (Å²) in [7, 11) is 0. The average Bonchev–Trinajstić information content (AvgIpc) is 2.64. The van der Waals surface area contributed by atoms with Gasteiger partial charge in [-0.1, -0.05) is 31.4 Å². The minimum Gasteiger partial charge on any atom is -0.343 e. The van der Waals surface area contributed by atoms with Crippen molar-refractivity contribution in [2.75, 3.05) is 18.7 Å². The van der Waals surface area contributed by atoms with Crippen molar-refractivity contribution < 1.29 is 0 Å². The second-order valence-corrected chi connectivity index (χ2v) is 7.68. The summed E-state index contributed by atoms with van der Waals surface area (Å²) < 4.78 is 0. The van der Waals surface area contributed by atoms with Crippen molar-refractivity contribution in [2.45, 2.75) is 52.5 Å². The van der Waals surface area contributed by atoms with Crippen LogP contribution in [-0.4, -0.2) is 40.2 Å². The first-order valence-electron chi connectivity index (χ1n) is 9.64. The number of aryl methyl sites for hydroxylation is 2. The minimum absolute atomic E-state index is 0.601. The van der Waals surface area contributed by atoms with Gasteiger partial charge in [0.15, 0.2) is 0 Å². The molecule has 138 valence electrons. The van der Waals surface area contributed by atoms with Gasteiger partial charge in [0, 0.05) is 11.4 Å². The lowest BCUT2D eigenvalue weighted by atomic mass is 9.85. The largest absolute Gasteiger partial charge is 0.343 e. The molecule has 2 N–H and O–H groups in total. The summed E-state index contributed by atoms with van der Waals surface area (Å²) in [6.07, 6.45) is 5.32. The van der Waals surface area contributed by atoms with Gasteiger partial charge in [-0.05, 0) is 44.7 Å². The average molecular weight is 352 g/mol. The third-order valence-electron chi connectivity index (χ3n) is 5.67. The Hall–Kier alpha value is -2.21. The standard InChI is InChI=1S/C20H28N6/c1-13-8-9-17-16(10-13)15(3)23-20(24-17)25-19-21-11-26(12-22-19)18-7-5-4-6-14(18)2/h8-10,14,18H,4-7,11-12H2,1-3H3,(H2,21,22,23,24,25)/t14-,18+/m0/s1. The van der Waals surface area contributed by atoms with Crippen molar-refractivity contribution in [3.63, 3.8) is 0 Å². The lowest BCUT2D eigenvalue weighted by molar-refractivity contribution is 0.107. The lowest BCUT2D eigenvalue weighted by Gasteiger charge is -2.39. The number of benzene rings is 1. The molecule has 0 radical (unpaired) electrons. The van der Waals surface area contributed by atoms with Gasteiger partial charge < -0.3 is 5.32 Å². The molecule has 0 bridgehead atoms. The number of aromatic nitrogens is 2. The molecule has 0 spiro atoms. The van der Waals surface area contributed by atoms with E-state index in [9.17, 15) is 0 Å². The number of hydrogen-bond donors (Lipinski definition) is 2. The molecule has 1 aromatic heterocycles. The zero-order valence-corrected chi connectivity index (χ0v) is 15.9. The normalized spacial score (nSPS) is 24.2. The van der Waals surface area contributed by atoms with E-state index in [1.807, 2.05) is 13.0 Å². The fourth-order valence-corrected chi connectivity index (χ4v) is 4.15. The highest BCUT2D eigenvalue weighted by Gasteiger charge is 2.28. The quantitative estimate of drug-likeness (QED) is 0.867. The van der Waals surface area contributed by atoms with Crippen molar-refractivity contribution in [1.82, 2.24) is 20.2 Å². The van der Waals surface area contributed by atoms with Crippen LogP contribution in [0.3, 0.4) is 0 Å². The van der Waals surface area contributed by atoms with Crippen LogP contribution in [0.15, 0.2) is 23.2 Å². The van der Waals surface area contributed by atoms with Crippen LogP contribution in [0, 0.1) is 19.8 Å². The third-order valence-corrected chi connectivity index (χ3v) is 5.67. The first-order chi connectivity index (χ1) is 12.6. The van der Waals surface area contributed by atoms with Gasteiger partial charge in [-0.3, -0.25) is 10.2 Å². The van der Waals surface area contributed by atoms with E-state index in [1.54, 1.807) is 0 Å². The Morgan fingerprint density at radius 1 is 1.15 bits per heavy atom. The molecule has 0 saturated heterocycles. The van der Waals surface area contributed by atoms with Gasteiger partial charge >= 0.3 is 0 Å². The molecular weight excluding hydrogens is 324 g/mol. The topological polar surface area (TPSA) is 65.4 Å². The summed E-state index contributed by atoms with van der Waals surface area (Å²) in [5.74, 6) is 2.12. The van der Waals surface area contributed by atoms with Crippen LogP contribution < -0.4 is 10.6 Å². The van der Waals surface area contributed by atoms with Gasteiger partial charge in [0.05, 0.1) is 24.5 Å². The van der Waals surface area contributed by atoms with Gasteiger partial charge in [0.2, 0.25) is 11.9 Å². The number of guanidine groups is 1. The summed E-state index contributed by atoms with van der Waals surface area (Å²) in [6, 6.07) is 6.91. The third kappa shape index (κ3) is 3.51. The maximum absolute atomic E-state index is 4.68. The fourth-order valence-electron chi connectivity index (χ4n) is 4.15. The number of hydrogen-bond acceptors (Lipinski definition) is 6. The molecule has 6 nitrogen and oxygen atoms in total. The molecule has 6 heteroatoms. The molecule has 1 aliphatic carbocycles. The van der Waals surface area contributed by atoms with E-state index in [1.165, 1.54) is 31.2 Å². The molecule has 1 fully saturated rings. The second kappa shape index (κ2) is 7.19. The Balaban J connectivity index is 1.46.